The van der Waals surface area contributed by atoms with Gasteiger partial charge in [-0.05, 0) is 23.3 Å². The third-order valence-corrected chi connectivity index (χ3v) is 5.10. The molecule has 7 heteroatoms. The maximum absolute atomic E-state index is 12.3. The van der Waals surface area contributed by atoms with E-state index in [9.17, 15) is 9.59 Å². The molecule has 0 aliphatic carbocycles. The van der Waals surface area contributed by atoms with Gasteiger partial charge in [0.1, 0.15) is 0 Å². The van der Waals surface area contributed by atoms with Crippen molar-refractivity contribution in [1.29, 1.82) is 0 Å². The zero-order valence-corrected chi connectivity index (χ0v) is 17.0. The molecule has 0 radical (unpaired) electrons. The average molecular weight is 449 g/mol. The molecule has 0 saturated heterocycles. The summed E-state index contributed by atoms with van der Waals surface area (Å²) in [6, 6.07) is 15.3. The molecule has 2 amide bonds. The number of carbonyl (C=O) groups is 2. The van der Waals surface area contributed by atoms with E-state index in [4.69, 9.17) is 11.6 Å². The second-order valence-corrected chi connectivity index (χ2v) is 7.51. The molecule has 0 spiro atoms. The molecule has 0 saturated carbocycles. The van der Waals surface area contributed by atoms with Crippen LogP contribution in [0.15, 0.2) is 58.1 Å². The Bertz CT molecular complexity index is 871. The number of hydrogen-bond donors (Lipinski definition) is 1. The number of halogens is 2. The Balaban J connectivity index is 1.46. The highest BCUT2D eigenvalue weighted by Gasteiger charge is 2.21. The van der Waals surface area contributed by atoms with Crippen molar-refractivity contribution in [3.05, 3.63) is 69.2 Å². The summed E-state index contributed by atoms with van der Waals surface area (Å²) >= 11 is 9.48. The largest absolute Gasteiger partial charge is 0.352 e. The number of benzene rings is 2. The van der Waals surface area contributed by atoms with Crippen LogP contribution < -0.4 is 5.32 Å². The second-order valence-electron chi connectivity index (χ2n) is 6.19. The number of nitrogens with one attached hydrogen (secondary N) is 1. The van der Waals surface area contributed by atoms with Crippen LogP contribution in [0.5, 0.6) is 0 Å². The molecule has 0 atom stereocenters. The molecule has 0 unspecified atom stereocenters. The van der Waals surface area contributed by atoms with Gasteiger partial charge in [-0.3, -0.25) is 9.59 Å². The Hall–Kier alpha value is -2.18. The number of rotatable bonds is 6. The standard InChI is InChI=1S/C20H19BrClN3O2/c21-16-7-6-15(17(22)12-16)13-23-19(26)8-9-20(27)25-11-10-18(24-25)14-4-2-1-3-5-14/h1-7,12H,8-11,13H2,(H,23,26). The normalized spacial score (nSPS) is 13.4. The Morgan fingerprint density at radius 1 is 1.15 bits per heavy atom. The van der Waals surface area contributed by atoms with Crippen molar-refractivity contribution in [3.8, 4) is 0 Å². The van der Waals surface area contributed by atoms with Crippen LogP contribution in [0.2, 0.25) is 5.02 Å². The predicted octanol–water partition coefficient (Wildman–Crippen LogP) is 4.14. The van der Waals surface area contributed by atoms with Gasteiger partial charge in [0, 0.05) is 35.3 Å². The summed E-state index contributed by atoms with van der Waals surface area (Å²) in [5, 5.41) is 9.23. The van der Waals surface area contributed by atoms with Gasteiger partial charge in [-0.1, -0.05) is 63.9 Å². The van der Waals surface area contributed by atoms with Crippen LogP contribution in [0.1, 0.15) is 30.4 Å². The molecule has 2 aromatic rings. The van der Waals surface area contributed by atoms with Crippen LogP contribution in [-0.2, 0) is 16.1 Å². The van der Waals surface area contributed by atoms with Gasteiger partial charge >= 0.3 is 0 Å². The van der Waals surface area contributed by atoms with Gasteiger partial charge in [-0.25, -0.2) is 5.01 Å². The highest BCUT2D eigenvalue weighted by molar-refractivity contribution is 9.10. The first-order valence-corrected chi connectivity index (χ1v) is 9.84. The molecule has 5 nitrogen and oxygen atoms in total. The van der Waals surface area contributed by atoms with Crippen molar-refractivity contribution >= 4 is 45.1 Å². The van der Waals surface area contributed by atoms with Crippen molar-refractivity contribution in [3.63, 3.8) is 0 Å². The summed E-state index contributed by atoms with van der Waals surface area (Å²) in [6.07, 6.45) is 0.981. The quantitative estimate of drug-likeness (QED) is 0.722. The van der Waals surface area contributed by atoms with Crippen LogP contribution in [0.4, 0.5) is 0 Å². The van der Waals surface area contributed by atoms with Gasteiger partial charge in [0.25, 0.3) is 0 Å². The first-order chi connectivity index (χ1) is 13.0. The van der Waals surface area contributed by atoms with Crippen molar-refractivity contribution in [2.24, 2.45) is 5.10 Å². The van der Waals surface area contributed by atoms with E-state index in [0.29, 0.717) is 18.1 Å². The van der Waals surface area contributed by atoms with E-state index < -0.39 is 0 Å². The third kappa shape index (κ3) is 5.40. The minimum absolute atomic E-state index is 0.125. The fraction of sp³-hybridized carbons (Fsp3) is 0.250. The van der Waals surface area contributed by atoms with E-state index in [1.54, 1.807) is 6.07 Å². The maximum atomic E-state index is 12.3. The van der Waals surface area contributed by atoms with Crippen LogP contribution in [0.3, 0.4) is 0 Å². The Kier molecular flexibility index (Phi) is 6.63. The fourth-order valence-electron chi connectivity index (χ4n) is 2.77. The summed E-state index contributed by atoms with van der Waals surface area (Å²) < 4.78 is 0.884. The number of nitrogens with zero attached hydrogens (tertiary/aromatic N) is 2. The van der Waals surface area contributed by atoms with Gasteiger partial charge in [-0.2, -0.15) is 5.10 Å². The van der Waals surface area contributed by atoms with Gasteiger partial charge < -0.3 is 5.32 Å². The van der Waals surface area contributed by atoms with Crippen molar-refractivity contribution in [1.82, 2.24) is 10.3 Å². The first-order valence-electron chi connectivity index (χ1n) is 8.67. The molecule has 27 heavy (non-hydrogen) atoms. The monoisotopic (exact) mass is 447 g/mol. The van der Waals surface area contributed by atoms with Gasteiger partial charge in [0.15, 0.2) is 0 Å². The molecule has 1 aliphatic rings. The lowest BCUT2D eigenvalue weighted by Crippen LogP contribution is -2.27. The summed E-state index contributed by atoms with van der Waals surface area (Å²) in [5.74, 6) is -0.327. The molecular formula is C20H19BrClN3O2. The number of hydrogen-bond acceptors (Lipinski definition) is 3. The molecular weight excluding hydrogens is 430 g/mol. The Morgan fingerprint density at radius 3 is 2.67 bits per heavy atom. The molecule has 3 rings (SSSR count). The molecule has 1 N–H and O–H groups in total. The zero-order valence-electron chi connectivity index (χ0n) is 14.6. The average Bonchev–Trinajstić information content (AvgIpc) is 3.16. The van der Waals surface area contributed by atoms with Gasteiger partial charge in [-0.15, -0.1) is 0 Å². The first kappa shape index (κ1) is 19.6. The maximum Gasteiger partial charge on any atom is 0.243 e. The van der Waals surface area contributed by atoms with E-state index in [2.05, 4.69) is 26.3 Å². The molecule has 2 aromatic carbocycles. The molecule has 1 heterocycles. The van der Waals surface area contributed by atoms with Gasteiger partial charge in [0.2, 0.25) is 11.8 Å². The fourth-order valence-corrected chi connectivity index (χ4v) is 3.51. The Labute approximate surface area is 171 Å². The van der Waals surface area contributed by atoms with E-state index in [1.807, 2.05) is 42.5 Å². The smallest absolute Gasteiger partial charge is 0.243 e. The van der Waals surface area contributed by atoms with E-state index in [1.165, 1.54) is 5.01 Å². The van der Waals surface area contributed by atoms with Crippen LogP contribution in [-0.4, -0.2) is 29.1 Å². The summed E-state index contributed by atoms with van der Waals surface area (Å²) in [7, 11) is 0. The topological polar surface area (TPSA) is 61.8 Å². The lowest BCUT2D eigenvalue weighted by molar-refractivity contribution is -0.133. The molecule has 0 bridgehead atoms. The number of amides is 2. The van der Waals surface area contributed by atoms with Crippen molar-refractivity contribution in [2.45, 2.75) is 25.8 Å². The predicted molar refractivity (Wildman–Crippen MR) is 110 cm³/mol. The molecule has 140 valence electrons. The van der Waals surface area contributed by atoms with Crippen LogP contribution >= 0.6 is 27.5 Å². The summed E-state index contributed by atoms with van der Waals surface area (Å²) in [6.45, 7) is 0.887. The lowest BCUT2D eigenvalue weighted by atomic mass is 10.1. The van der Waals surface area contributed by atoms with Crippen LogP contribution in [0, 0.1) is 0 Å². The summed E-state index contributed by atoms with van der Waals surface area (Å²) in [4.78, 5) is 24.3. The lowest BCUT2D eigenvalue weighted by Gasteiger charge is -2.11. The minimum Gasteiger partial charge on any atom is -0.352 e. The van der Waals surface area contributed by atoms with E-state index in [-0.39, 0.29) is 24.7 Å². The molecule has 0 fully saturated rings. The highest BCUT2D eigenvalue weighted by Crippen LogP contribution is 2.21. The highest BCUT2D eigenvalue weighted by atomic mass is 79.9. The SMILES string of the molecule is O=C(CCC(=O)N1CCC(c2ccccc2)=N1)NCc1ccc(Br)cc1Cl. The van der Waals surface area contributed by atoms with E-state index in [0.717, 1.165) is 27.7 Å². The van der Waals surface area contributed by atoms with Crippen LogP contribution in [0.25, 0.3) is 0 Å². The van der Waals surface area contributed by atoms with Gasteiger partial charge in [0.05, 0.1) is 12.3 Å². The zero-order chi connectivity index (χ0) is 19.2. The number of carbonyl (C=O) groups excluding carboxylic acids is 2. The minimum atomic E-state index is -0.186. The summed E-state index contributed by atoms with van der Waals surface area (Å²) in [5.41, 5.74) is 2.76. The van der Waals surface area contributed by atoms with E-state index >= 15 is 0 Å². The molecule has 1 aliphatic heterocycles. The number of hydrazone groups is 1. The van der Waals surface area contributed by atoms with Crippen molar-refractivity contribution < 1.29 is 9.59 Å². The van der Waals surface area contributed by atoms with Crippen molar-refractivity contribution in [2.75, 3.05) is 6.54 Å². The second kappa shape index (κ2) is 9.15. The molecule has 0 aromatic heterocycles. The third-order valence-electron chi connectivity index (χ3n) is 4.25. The Morgan fingerprint density at radius 2 is 1.93 bits per heavy atom.